The predicted octanol–water partition coefficient (Wildman–Crippen LogP) is 12.8. The second-order valence-corrected chi connectivity index (χ2v) is 34.2. The summed E-state index contributed by atoms with van der Waals surface area (Å²) in [6.07, 6.45) is -29.5. The van der Waals surface area contributed by atoms with Gasteiger partial charge < -0.3 is 75.8 Å². The van der Waals surface area contributed by atoms with Crippen LogP contribution in [0.3, 0.4) is 0 Å². The smallest absolute Gasteiger partial charge is 0.338 e. The first-order chi connectivity index (χ1) is 59.8. The van der Waals surface area contributed by atoms with Crippen molar-refractivity contribution in [2.45, 2.75) is 118 Å². The van der Waals surface area contributed by atoms with Gasteiger partial charge in [0.15, 0.2) is 73.8 Å². The summed E-state index contributed by atoms with van der Waals surface area (Å²) in [5, 5.41) is 13.3. The monoisotopic (exact) mass is 1680 g/mol. The van der Waals surface area contributed by atoms with Crippen LogP contribution in [0, 0.1) is 0 Å². The highest BCUT2D eigenvalue weighted by atomic mass is 28.4. The van der Waals surface area contributed by atoms with Crippen LogP contribution in [0.1, 0.15) is 114 Å². The molecule has 0 radical (unpaired) electrons. The largest absolute Gasteiger partial charge is 0.452 e. The Kier molecular flexibility index (Phi) is 28.2. The van der Waals surface area contributed by atoms with Crippen LogP contribution in [0.5, 0.6) is 0 Å². The zero-order valence-corrected chi connectivity index (χ0v) is 67.8. The Labute approximate surface area is 709 Å². The van der Waals surface area contributed by atoms with Crippen molar-refractivity contribution in [2.24, 2.45) is 0 Å². The average molecular weight is 1680 g/mol. The first-order valence-electron chi connectivity index (χ1n) is 39.8. The van der Waals surface area contributed by atoms with Gasteiger partial charge in [-0.05, 0) is 125 Å². The van der Waals surface area contributed by atoms with Crippen LogP contribution in [0.15, 0.2) is 334 Å². The number of hydrogen-bond acceptors (Lipinski definition) is 25. The molecule has 14 rings (SSSR count). The van der Waals surface area contributed by atoms with Crippen molar-refractivity contribution in [3.05, 3.63) is 384 Å². The van der Waals surface area contributed by atoms with Crippen molar-refractivity contribution in [1.82, 2.24) is 0 Å². The molecule has 3 aliphatic heterocycles. The second-order valence-electron chi connectivity index (χ2n) is 29.9. The minimum atomic E-state index is -3.68. The van der Waals surface area contributed by atoms with Gasteiger partial charge in [0.2, 0.25) is 0 Å². The van der Waals surface area contributed by atoms with Gasteiger partial charge in [0, 0.05) is 0 Å². The quantitative estimate of drug-likeness (QED) is 0.0259. The van der Waals surface area contributed by atoms with Gasteiger partial charge in [0.05, 0.1) is 69.9 Å². The van der Waals surface area contributed by atoms with Crippen molar-refractivity contribution in [3.63, 3.8) is 0 Å². The number of carbonyl (C=O) groups excluding carboxylic acids is 9. The van der Waals surface area contributed by atoms with E-state index in [9.17, 15) is 19.5 Å². The topological polar surface area (TPSA) is 312 Å². The normalized spacial score (nSPS) is 22.5. The molecule has 3 heterocycles. The maximum atomic E-state index is 15.2. The molecule has 3 fully saturated rings. The zero-order valence-electron chi connectivity index (χ0n) is 66.8. The molecule has 0 spiro atoms. The van der Waals surface area contributed by atoms with Crippen molar-refractivity contribution in [3.8, 4) is 0 Å². The first kappa shape index (κ1) is 86.0. The summed E-state index contributed by atoms with van der Waals surface area (Å²) < 4.78 is 100. The summed E-state index contributed by atoms with van der Waals surface area (Å²) in [5.41, 5.74) is -0.175. The molecule has 1 N–H and O–H groups in total. The van der Waals surface area contributed by atoms with Crippen LogP contribution >= 0.6 is 0 Å². The van der Waals surface area contributed by atoms with E-state index >= 15 is 28.8 Å². The van der Waals surface area contributed by atoms with Crippen LogP contribution in [-0.4, -0.2) is 179 Å². The summed E-state index contributed by atoms with van der Waals surface area (Å²) in [6.45, 7) is 3.72. The number of aliphatic hydroxyl groups is 1. The van der Waals surface area contributed by atoms with E-state index in [1.165, 1.54) is 109 Å². The van der Waals surface area contributed by atoms with Gasteiger partial charge in [-0.1, -0.05) is 245 Å². The van der Waals surface area contributed by atoms with Gasteiger partial charge in [0.25, 0.3) is 8.32 Å². The molecule has 3 aliphatic rings. The molecule has 0 unspecified atom stereocenters. The molecule has 25 nitrogen and oxygen atoms in total. The van der Waals surface area contributed by atoms with Crippen LogP contribution in [-0.2, 0) is 70.7 Å². The van der Waals surface area contributed by atoms with E-state index in [-0.39, 0.29) is 50.1 Å². The minimum Gasteiger partial charge on any atom is -0.452 e. The molecule has 0 aliphatic carbocycles. The Hall–Kier alpha value is -13.4. The molecule has 15 atom stereocenters. The van der Waals surface area contributed by atoms with Crippen molar-refractivity contribution < 1.29 is 119 Å². The fraction of sp³-hybridized carbons (Fsp3) is 0.227. The third-order valence-electron chi connectivity index (χ3n) is 20.8. The predicted molar refractivity (Wildman–Crippen MR) is 444 cm³/mol. The van der Waals surface area contributed by atoms with E-state index in [1.807, 2.05) is 81.4 Å². The third kappa shape index (κ3) is 20.8. The van der Waals surface area contributed by atoms with Crippen LogP contribution < -0.4 is 10.4 Å². The van der Waals surface area contributed by atoms with Gasteiger partial charge in [0.1, 0.15) is 18.3 Å². The van der Waals surface area contributed by atoms with E-state index in [1.54, 1.807) is 164 Å². The molecule has 0 saturated carbocycles. The molecule has 11 aromatic rings. The van der Waals surface area contributed by atoms with E-state index in [0.717, 1.165) is 10.4 Å². The second kappa shape index (κ2) is 40.3. The zero-order chi connectivity index (χ0) is 85.8. The average Bonchev–Trinajstić information content (AvgIpc) is 0.828. The summed E-state index contributed by atoms with van der Waals surface area (Å²) in [5.74, 6) is -9.28. The maximum Gasteiger partial charge on any atom is 0.338 e. The fourth-order valence-corrected chi connectivity index (χ4v) is 19.3. The van der Waals surface area contributed by atoms with Crippen molar-refractivity contribution >= 4 is 72.4 Å². The van der Waals surface area contributed by atoms with Crippen LogP contribution in [0.25, 0.3) is 0 Å². The molecule has 628 valence electrons. The Balaban J connectivity index is 0.919. The SMILES string of the molecule is CC(C)(C)[Si](OC[C@H]1O[C@H](OC[C@H]2O[C@H](OC[C@H]3O[C@H](O)[C@@H](OC(=O)c4ccccc4)[C@@H](OC(=O)c4ccccc4)[C@@H]3OC(=O)c3ccccc3)[C@@H](OC(=O)c3ccccc3)[C@@H](OC(=O)c3ccccc3)[C@@H]2OC(=O)c2ccccc2)[C@@H](OC(=O)c2ccccc2)[C@@H](OC(=O)c2ccccc2)[C@@H]1OC(=O)c1ccccc1)(c1ccccc1)c1ccccc1. The van der Waals surface area contributed by atoms with E-state index in [0.29, 0.717) is 0 Å². The molecule has 3 saturated heterocycles. The molecular weight excluding hydrogens is 1590 g/mol. The number of benzene rings is 11. The summed E-state index contributed by atoms with van der Waals surface area (Å²) >= 11 is 0. The molecule has 11 aromatic carbocycles. The van der Waals surface area contributed by atoms with Gasteiger partial charge >= 0.3 is 53.7 Å². The lowest BCUT2D eigenvalue weighted by Crippen LogP contribution is -2.69. The number of rotatable bonds is 29. The standard InChI is InChI=1S/C97H86O25Si/c1-97(2,3)123(71-55-33-13-34-56-71,72-57-35-14-36-58-72)110-61-75-78(116-87(100)64-41-19-6-20-42-64)81(119-90(103)67-47-25-9-26-48-67)84(122-93(106)70-53-31-12-32-54-70)96(113-75)109-60-74-77(115-86(99)63-39-17-5-18-40-63)80(118-89(102)66-45-23-8-24-46-66)83(121-92(105)69-51-29-11-30-52-69)95(112-74)108-59-73-76(114-85(98)62-37-15-4-16-38-62)79(117-88(101)65-43-21-7-22-44-65)82(94(107)111-73)120-91(104)68-49-27-10-28-50-68/h4-58,73-84,94-96,107H,59-61H2,1-3H3/t73-,74-,75-,76-,77-,78-,79+,80+,81+,82+,83+,84+,94+,95+,96+/m1/s1. The Bertz CT molecular complexity index is 5320. The molecule has 0 aromatic heterocycles. The molecular formula is C97H86O25Si. The number of ether oxygens (including phenoxy) is 14. The first-order valence-corrected chi connectivity index (χ1v) is 41.7. The van der Waals surface area contributed by atoms with Gasteiger partial charge in [-0.2, -0.15) is 0 Å². The third-order valence-corrected chi connectivity index (χ3v) is 25.8. The molecule has 26 heteroatoms. The Morgan fingerprint density at radius 2 is 0.439 bits per heavy atom. The molecule has 0 amide bonds. The summed E-state index contributed by atoms with van der Waals surface area (Å²) in [6, 6.07) is 88.4. The van der Waals surface area contributed by atoms with E-state index < -0.39 is 179 Å². The highest BCUT2D eigenvalue weighted by molar-refractivity contribution is 6.99. The number of hydrogen-bond donors (Lipinski definition) is 1. The number of esters is 9. The Morgan fingerprint density at radius 3 is 0.675 bits per heavy atom. The van der Waals surface area contributed by atoms with Gasteiger partial charge in [-0.25, -0.2) is 43.2 Å². The van der Waals surface area contributed by atoms with E-state index in [4.69, 9.17) is 70.7 Å². The van der Waals surface area contributed by atoms with Crippen molar-refractivity contribution in [2.75, 3.05) is 19.8 Å². The minimum absolute atomic E-state index is 0.000701. The fourth-order valence-electron chi connectivity index (χ4n) is 14.8. The van der Waals surface area contributed by atoms with Gasteiger partial charge in [-0.15, -0.1) is 0 Å². The van der Waals surface area contributed by atoms with E-state index in [2.05, 4.69) is 0 Å². The highest BCUT2D eigenvalue weighted by Crippen LogP contribution is 2.41. The summed E-state index contributed by atoms with van der Waals surface area (Å²) in [4.78, 5) is 134. The summed E-state index contributed by atoms with van der Waals surface area (Å²) in [7, 11) is -3.68. The number of aliphatic hydroxyl groups excluding tert-OH is 1. The lowest BCUT2D eigenvalue weighted by Gasteiger charge is -2.48. The maximum absolute atomic E-state index is 15.2. The van der Waals surface area contributed by atoms with Crippen LogP contribution in [0.4, 0.5) is 0 Å². The molecule has 0 bridgehead atoms. The Morgan fingerprint density at radius 1 is 0.252 bits per heavy atom. The number of carbonyl (C=O) groups is 9. The molecule has 123 heavy (non-hydrogen) atoms. The lowest BCUT2D eigenvalue weighted by molar-refractivity contribution is -0.337. The lowest BCUT2D eigenvalue weighted by atomic mass is 9.96. The van der Waals surface area contributed by atoms with Crippen LogP contribution in [0.2, 0.25) is 5.04 Å². The van der Waals surface area contributed by atoms with Crippen molar-refractivity contribution in [1.29, 1.82) is 0 Å². The van der Waals surface area contributed by atoms with Gasteiger partial charge in [-0.3, -0.25) is 0 Å². The highest BCUT2D eigenvalue weighted by Gasteiger charge is 2.60.